The molecule has 1 atom stereocenters. The van der Waals surface area contributed by atoms with Crippen LogP contribution in [0.4, 0.5) is 5.82 Å². The van der Waals surface area contributed by atoms with Crippen molar-refractivity contribution in [1.82, 2.24) is 10.3 Å². The number of furan rings is 1. The summed E-state index contributed by atoms with van der Waals surface area (Å²) in [6.45, 7) is 6.14. The van der Waals surface area contributed by atoms with Gasteiger partial charge >= 0.3 is 0 Å². The zero-order valence-electron chi connectivity index (χ0n) is 13.8. The Hall–Kier alpha value is -1.85. The minimum atomic E-state index is -0.980. The monoisotopic (exact) mass is 315 g/mol. The Morgan fingerprint density at radius 2 is 2.09 bits per heavy atom. The number of pyridine rings is 1. The summed E-state index contributed by atoms with van der Waals surface area (Å²) in [5, 5.41) is 14.1. The van der Waals surface area contributed by atoms with Crippen LogP contribution in [-0.4, -0.2) is 35.8 Å². The van der Waals surface area contributed by atoms with Gasteiger partial charge in [-0.25, -0.2) is 4.98 Å². The third-order valence-corrected chi connectivity index (χ3v) is 4.47. The van der Waals surface area contributed by atoms with E-state index in [-0.39, 0.29) is 0 Å². The van der Waals surface area contributed by atoms with Crippen molar-refractivity contribution < 1.29 is 9.52 Å². The van der Waals surface area contributed by atoms with Crippen molar-refractivity contribution in [3.05, 3.63) is 48.0 Å². The number of nitrogens with one attached hydrogen (secondary N) is 1. The number of aliphatic hydroxyl groups is 1. The molecule has 0 radical (unpaired) electrons. The molecule has 23 heavy (non-hydrogen) atoms. The quantitative estimate of drug-likeness (QED) is 0.887. The van der Waals surface area contributed by atoms with Gasteiger partial charge in [0, 0.05) is 31.9 Å². The molecule has 1 aliphatic rings. The Labute approximate surface area is 137 Å². The number of aryl methyl sites for hydroxylation is 1. The van der Waals surface area contributed by atoms with Crippen LogP contribution < -0.4 is 10.2 Å². The maximum atomic E-state index is 10.6. The lowest BCUT2D eigenvalue weighted by Gasteiger charge is -2.34. The lowest BCUT2D eigenvalue weighted by atomic mass is 10.0. The third kappa shape index (κ3) is 3.92. The molecule has 0 amide bonds. The van der Waals surface area contributed by atoms with Crippen LogP contribution in [0.2, 0.25) is 0 Å². The molecule has 0 aliphatic carbocycles. The van der Waals surface area contributed by atoms with Gasteiger partial charge in [0.05, 0.1) is 0 Å². The Bertz CT molecular complexity index is 616. The van der Waals surface area contributed by atoms with E-state index in [0.717, 1.165) is 37.5 Å². The van der Waals surface area contributed by atoms with Crippen molar-refractivity contribution in [3.8, 4) is 0 Å². The SMILES string of the molecule is Cc1ccc(C(C)(O)CNC2CCN(c3ccccn3)CC2)o1. The number of rotatable bonds is 5. The van der Waals surface area contributed by atoms with Crippen LogP contribution in [0.15, 0.2) is 40.9 Å². The van der Waals surface area contributed by atoms with Crippen LogP contribution in [0.1, 0.15) is 31.3 Å². The maximum Gasteiger partial charge on any atom is 0.136 e. The maximum absolute atomic E-state index is 10.6. The summed E-state index contributed by atoms with van der Waals surface area (Å²) >= 11 is 0. The van der Waals surface area contributed by atoms with Gasteiger partial charge in [-0.2, -0.15) is 0 Å². The van der Waals surface area contributed by atoms with E-state index in [4.69, 9.17) is 4.42 Å². The van der Waals surface area contributed by atoms with E-state index in [1.54, 1.807) is 6.92 Å². The largest absolute Gasteiger partial charge is 0.463 e. The Morgan fingerprint density at radius 3 is 2.70 bits per heavy atom. The van der Waals surface area contributed by atoms with Crippen molar-refractivity contribution in [1.29, 1.82) is 0 Å². The van der Waals surface area contributed by atoms with E-state index in [9.17, 15) is 5.11 Å². The molecule has 1 saturated heterocycles. The fourth-order valence-corrected chi connectivity index (χ4v) is 3.01. The van der Waals surface area contributed by atoms with Gasteiger partial charge in [0.1, 0.15) is 22.9 Å². The summed E-state index contributed by atoms with van der Waals surface area (Å²) in [6.07, 6.45) is 3.93. The van der Waals surface area contributed by atoms with Gasteiger partial charge in [-0.1, -0.05) is 6.07 Å². The Kier molecular flexibility index (Phi) is 4.68. The number of aromatic nitrogens is 1. The molecule has 1 aliphatic heterocycles. The first-order valence-corrected chi connectivity index (χ1v) is 8.23. The van der Waals surface area contributed by atoms with Crippen LogP contribution in [0.3, 0.4) is 0 Å². The summed E-state index contributed by atoms with van der Waals surface area (Å²) in [6, 6.07) is 10.2. The van der Waals surface area contributed by atoms with E-state index in [1.807, 2.05) is 37.4 Å². The molecule has 0 saturated carbocycles. The molecule has 0 bridgehead atoms. The molecule has 0 aromatic carbocycles. The first-order valence-electron chi connectivity index (χ1n) is 8.23. The van der Waals surface area contributed by atoms with Crippen molar-refractivity contribution in [2.24, 2.45) is 0 Å². The van der Waals surface area contributed by atoms with Crippen LogP contribution in [-0.2, 0) is 5.60 Å². The van der Waals surface area contributed by atoms with E-state index in [2.05, 4.69) is 21.3 Å². The van der Waals surface area contributed by atoms with Crippen LogP contribution in [0, 0.1) is 6.92 Å². The van der Waals surface area contributed by atoms with Gasteiger partial charge in [0.25, 0.3) is 0 Å². The van der Waals surface area contributed by atoms with Crippen molar-refractivity contribution >= 4 is 5.82 Å². The first kappa shape index (κ1) is 16.0. The summed E-state index contributed by atoms with van der Waals surface area (Å²) in [4.78, 5) is 6.72. The van der Waals surface area contributed by atoms with Gasteiger partial charge < -0.3 is 19.7 Å². The number of nitrogens with zero attached hydrogens (tertiary/aromatic N) is 2. The molecular weight excluding hydrogens is 290 g/mol. The van der Waals surface area contributed by atoms with E-state index >= 15 is 0 Å². The molecule has 2 aromatic heterocycles. The summed E-state index contributed by atoms with van der Waals surface area (Å²) in [5.41, 5.74) is -0.980. The zero-order chi connectivity index (χ0) is 16.3. The van der Waals surface area contributed by atoms with Gasteiger partial charge in [0.2, 0.25) is 0 Å². The number of hydrogen-bond acceptors (Lipinski definition) is 5. The number of hydrogen-bond donors (Lipinski definition) is 2. The predicted molar refractivity (Wildman–Crippen MR) is 90.5 cm³/mol. The highest BCUT2D eigenvalue weighted by atomic mass is 16.4. The molecule has 2 N–H and O–H groups in total. The Morgan fingerprint density at radius 1 is 1.30 bits per heavy atom. The molecule has 3 rings (SSSR count). The van der Waals surface area contributed by atoms with Crippen molar-refractivity contribution in [3.63, 3.8) is 0 Å². The summed E-state index contributed by atoms with van der Waals surface area (Å²) in [5.74, 6) is 2.49. The molecular formula is C18H25N3O2. The molecule has 1 unspecified atom stereocenters. The highest BCUT2D eigenvalue weighted by Gasteiger charge is 2.28. The summed E-state index contributed by atoms with van der Waals surface area (Å²) in [7, 11) is 0. The molecule has 3 heterocycles. The average Bonchev–Trinajstić information content (AvgIpc) is 3.02. The topological polar surface area (TPSA) is 61.5 Å². The highest BCUT2D eigenvalue weighted by Crippen LogP contribution is 2.23. The van der Waals surface area contributed by atoms with Crippen LogP contribution >= 0.6 is 0 Å². The molecule has 1 fully saturated rings. The first-order chi connectivity index (χ1) is 11.0. The lowest BCUT2D eigenvalue weighted by molar-refractivity contribution is 0.0300. The molecule has 0 spiro atoms. The van der Waals surface area contributed by atoms with E-state index in [1.165, 1.54) is 0 Å². The van der Waals surface area contributed by atoms with Gasteiger partial charge in [-0.15, -0.1) is 0 Å². The van der Waals surface area contributed by atoms with Crippen molar-refractivity contribution in [2.75, 3.05) is 24.5 Å². The second-order valence-corrected chi connectivity index (χ2v) is 6.51. The van der Waals surface area contributed by atoms with Crippen LogP contribution in [0.25, 0.3) is 0 Å². The predicted octanol–water partition coefficient (Wildman–Crippen LogP) is 2.45. The lowest BCUT2D eigenvalue weighted by Crippen LogP contribution is -2.46. The zero-order valence-corrected chi connectivity index (χ0v) is 13.8. The van der Waals surface area contributed by atoms with E-state index < -0.39 is 5.60 Å². The van der Waals surface area contributed by atoms with Gasteiger partial charge in [-0.05, 0) is 51.0 Å². The van der Waals surface area contributed by atoms with Crippen LogP contribution in [0.5, 0.6) is 0 Å². The second kappa shape index (κ2) is 6.72. The molecule has 2 aromatic rings. The number of piperidine rings is 1. The minimum Gasteiger partial charge on any atom is -0.463 e. The second-order valence-electron chi connectivity index (χ2n) is 6.51. The smallest absolute Gasteiger partial charge is 0.136 e. The normalized spacial score (nSPS) is 18.8. The molecule has 124 valence electrons. The minimum absolute atomic E-state index is 0.414. The number of anilines is 1. The van der Waals surface area contributed by atoms with Gasteiger partial charge in [0.15, 0.2) is 0 Å². The van der Waals surface area contributed by atoms with E-state index in [0.29, 0.717) is 18.3 Å². The fraction of sp³-hybridized carbons (Fsp3) is 0.500. The Balaban J connectivity index is 1.49. The van der Waals surface area contributed by atoms with Crippen molar-refractivity contribution in [2.45, 2.75) is 38.3 Å². The molecule has 5 heteroatoms. The van der Waals surface area contributed by atoms with Gasteiger partial charge in [-0.3, -0.25) is 0 Å². The molecule has 5 nitrogen and oxygen atoms in total. The standard InChI is InChI=1S/C18H25N3O2/c1-14-6-7-16(23-14)18(2,22)13-20-15-8-11-21(12-9-15)17-5-3-4-10-19-17/h3-7,10,15,20,22H,8-9,11-13H2,1-2H3. The summed E-state index contributed by atoms with van der Waals surface area (Å²) < 4.78 is 5.56. The highest BCUT2D eigenvalue weighted by molar-refractivity contribution is 5.38. The fourth-order valence-electron chi connectivity index (χ4n) is 3.01. The third-order valence-electron chi connectivity index (χ3n) is 4.47. The average molecular weight is 315 g/mol.